The number of nitrogens with two attached hydrogens (primary N) is 1. The maximum atomic E-state index is 8.48. The zero-order valence-electron chi connectivity index (χ0n) is 10.7. The summed E-state index contributed by atoms with van der Waals surface area (Å²) >= 11 is 0. The molecule has 5 nitrogen and oxygen atoms in total. The van der Waals surface area contributed by atoms with E-state index in [4.69, 9.17) is 21.1 Å². The van der Waals surface area contributed by atoms with Crippen molar-refractivity contribution < 1.29 is 15.3 Å². The zero-order valence-corrected chi connectivity index (χ0v) is 10.7. The van der Waals surface area contributed by atoms with E-state index in [1.54, 1.807) is 4.90 Å². The van der Waals surface area contributed by atoms with Crippen molar-refractivity contribution in [1.82, 2.24) is 4.90 Å². The van der Waals surface area contributed by atoms with Gasteiger partial charge in [0.25, 0.3) is 0 Å². The molecule has 0 aliphatic rings. The van der Waals surface area contributed by atoms with E-state index in [-0.39, 0.29) is 19.8 Å². The second kappa shape index (κ2) is 12.5. The first-order valence-electron chi connectivity index (χ1n) is 6.07. The van der Waals surface area contributed by atoms with E-state index in [9.17, 15) is 0 Å². The molecule has 0 heterocycles. The smallest absolute Gasteiger partial charge is 0.0558 e. The second-order valence-electron chi connectivity index (χ2n) is 3.70. The molecule has 0 unspecified atom stereocenters. The maximum Gasteiger partial charge on any atom is 0.0558 e. The van der Waals surface area contributed by atoms with Crippen LogP contribution in [0.2, 0.25) is 0 Å². The first-order valence-corrected chi connectivity index (χ1v) is 6.07. The predicted molar refractivity (Wildman–Crippen MR) is 72.0 cm³/mol. The summed E-state index contributed by atoms with van der Waals surface area (Å²) in [5.74, 6) is 0. The molecule has 5 heteroatoms. The third kappa shape index (κ3) is 9.09. The summed E-state index contributed by atoms with van der Waals surface area (Å²) in [5, 5.41) is 25.5. The van der Waals surface area contributed by atoms with Gasteiger partial charge in [0.2, 0.25) is 0 Å². The Morgan fingerprint density at radius 1 is 0.833 bits per heavy atom. The first-order chi connectivity index (χ1) is 8.78. The van der Waals surface area contributed by atoms with E-state index < -0.39 is 0 Å². The second-order valence-corrected chi connectivity index (χ2v) is 3.70. The molecule has 0 atom stereocenters. The molecule has 0 fully saturated rings. The number of benzene rings is 1. The van der Waals surface area contributed by atoms with Crippen molar-refractivity contribution in [3.63, 3.8) is 0 Å². The molecule has 0 aliphatic heterocycles. The van der Waals surface area contributed by atoms with Gasteiger partial charge in [0.05, 0.1) is 19.8 Å². The van der Waals surface area contributed by atoms with Gasteiger partial charge in [0, 0.05) is 26.2 Å². The minimum Gasteiger partial charge on any atom is -0.395 e. The van der Waals surface area contributed by atoms with Crippen LogP contribution in [0.15, 0.2) is 30.3 Å². The highest BCUT2D eigenvalue weighted by molar-refractivity contribution is 5.13. The first kappa shape index (κ1) is 17.0. The highest BCUT2D eigenvalue weighted by atomic mass is 16.3. The maximum absolute atomic E-state index is 8.48. The van der Waals surface area contributed by atoms with Crippen molar-refractivity contribution in [3.05, 3.63) is 35.9 Å². The van der Waals surface area contributed by atoms with Crippen LogP contribution < -0.4 is 5.73 Å². The Labute approximate surface area is 108 Å². The highest BCUT2D eigenvalue weighted by Gasteiger charge is 2.00. The van der Waals surface area contributed by atoms with E-state index in [1.807, 2.05) is 30.3 Å². The third-order valence-corrected chi connectivity index (χ3v) is 2.33. The molecule has 0 radical (unpaired) electrons. The molecular weight excluding hydrogens is 232 g/mol. The largest absolute Gasteiger partial charge is 0.395 e. The van der Waals surface area contributed by atoms with Crippen molar-refractivity contribution in [2.45, 2.75) is 6.54 Å². The Hall–Kier alpha value is -0.980. The number of aliphatic hydroxyl groups is 3. The lowest BCUT2D eigenvalue weighted by molar-refractivity contribution is 0.136. The van der Waals surface area contributed by atoms with Gasteiger partial charge in [-0.25, -0.2) is 0 Å². The van der Waals surface area contributed by atoms with Crippen molar-refractivity contribution in [2.24, 2.45) is 5.73 Å². The summed E-state index contributed by atoms with van der Waals surface area (Å²) < 4.78 is 0. The van der Waals surface area contributed by atoms with Gasteiger partial charge in [0.1, 0.15) is 0 Å². The molecule has 5 N–H and O–H groups in total. The Balaban J connectivity index is 0.000000327. The number of hydrogen-bond acceptors (Lipinski definition) is 5. The molecule has 18 heavy (non-hydrogen) atoms. The van der Waals surface area contributed by atoms with E-state index in [0.29, 0.717) is 26.2 Å². The molecule has 1 rings (SSSR count). The molecule has 0 spiro atoms. The average molecular weight is 256 g/mol. The minimum atomic E-state index is 0.0694. The summed E-state index contributed by atoms with van der Waals surface area (Å²) in [6.07, 6.45) is 0. The summed E-state index contributed by atoms with van der Waals surface area (Å²) in [5.41, 5.74) is 6.54. The molecule has 104 valence electrons. The molecule has 0 aliphatic carbocycles. The zero-order chi connectivity index (χ0) is 13.6. The Bertz CT molecular complexity index is 256. The van der Waals surface area contributed by atoms with Crippen LogP contribution in [0.1, 0.15) is 5.56 Å². The molecule has 0 aromatic heterocycles. The van der Waals surface area contributed by atoms with E-state index in [2.05, 4.69) is 0 Å². The van der Waals surface area contributed by atoms with Crippen LogP contribution in [0.3, 0.4) is 0 Å². The third-order valence-electron chi connectivity index (χ3n) is 2.33. The average Bonchev–Trinajstić information content (AvgIpc) is 2.41. The number of rotatable bonds is 7. The van der Waals surface area contributed by atoms with Gasteiger partial charge in [0.15, 0.2) is 0 Å². The van der Waals surface area contributed by atoms with Gasteiger partial charge >= 0.3 is 0 Å². The molecule has 0 saturated carbocycles. The fraction of sp³-hybridized carbons (Fsp3) is 0.538. The van der Waals surface area contributed by atoms with Crippen LogP contribution in [0.4, 0.5) is 0 Å². The predicted octanol–water partition coefficient (Wildman–Crippen LogP) is -0.589. The summed E-state index contributed by atoms with van der Waals surface area (Å²) in [6, 6.07) is 9.99. The lowest BCUT2D eigenvalue weighted by atomic mass is 10.2. The van der Waals surface area contributed by atoms with Crippen molar-refractivity contribution in [1.29, 1.82) is 0 Å². The molecular formula is C13H24N2O3. The fourth-order valence-corrected chi connectivity index (χ4v) is 1.37. The molecule has 0 amide bonds. The van der Waals surface area contributed by atoms with Crippen LogP contribution in [-0.4, -0.2) is 59.7 Å². The van der Waals surface area contributed by atoms with E-state index >= 15 is 0 Å². The Kier molecular flexibility index (Phi) is 11.8. The van der Waals surface area contributed by atoms with Crippen LogP contribution in [0.25, 0.3) is 0 Å². The molecule has 0 bridgehead atoms. The SMILES string of the molecule is NCc1ccccc1.OCCN(CCO)CCO. The lowest BCUT2D eigenvalue weighted by Crippen LogP contribution is -2.32. The van der Waals surface area contributed by atoms with Crippen molar-refractivity contribution in [3.8, 4) is 0 Å². The molecule has 1 aromatic carbocycles. The van der Waals surface area contributed by atoms with Crippen LogP contribution >= 0.6 is 0 Å². The van der Waals surface area contributed by atoms with Gasteiger partial charge in [-0.05, 0) is 5.56 Å². The van der Waals surface area contributed by atoms with Crippen LogP contribution in [0, 0.1) is 0 Å². The Morgan fingerprint density at radius 2 is 1.28 bits per heavy atom. The molecule has 0 saturated heterocycles. The van der Waals surface area contributed by atoms with Crippen LogP contribution in [-0.2, 0) is 6.54 Å². The van der Waals surface area contributed by atoms with Gasteiger partial charge in [-0.1, -0.05) is 30.3 Å². The monoisotopic (exact) mass is 256 g/mol. The molecule has 1 aromatic rings. The normalized spacial score (nSPS) is 10.1. The minimum absolute atomic E-state index is 0.0694. The van der Waals surface area contributed by atoms with Gasteiger partial charge in [-0.3, -0.25) is 4.90 Å². The Morgan fingerprint density at radius 3 is 1.56 bits per heavy atom. The summed E-state index contributed by atoms with van der Waals surface area (Å²) in [4.78, 5) is 1.79. The topological polar surface area (TPSA) is 90.0 Å². The van der Waals surface area contributed by atoms with Gasteiger partial charge in [-0.2, -0.15) is 0 Å². The fourth-order valence-electron chi connectivity index (χ4n) is 1.37. The number of nitrogens with zero attached hydrogens (tertiary/aromatic N) is 1. The summed E-state index contributed by atoms with van der Waals surface area (Å²) in [7, 11) is 0. The standard InChI is InChI=1S/C7H9N.C6H15NO3/c8-6-7-4-2-1-3-5-7;8-4-1-7(2-5-9)3-6-10/h1-5H,6,8H2;8-10H,1-6H2. The van der Waals surface area contributed by atoms with Crippen molar-refractivity contribution >= 4 is 0 Å². The number of hydrogen-bond donors (Lipinski definition) is 4. The van der Waals surface area contributed by atoms with Crippen LogP contribution in [0.5, 0.6) is 0 Å². The highest BCUT2D eigenvalue weighted by Crippen LogP contribution is 1.94. The lowest BCUT2D eigenvalue weighted by Gasteiger charge is -2.17. The number of aliphatic hydroxyl groups excluding tert-OH is 3. The van der Waals surface area contributed by atoms with Gasteiger partial charge in [-0.15, -0.1) is 0 Å². The van der Waals surface area contributed by atoms with E-state index in [1.165, 1.54) is 5.56 Å². The quantitative estimate of drug-likeness (QED) is 0.523. The summed E-state index contributed by atoms with van der Waals surface area (Å²) in [6.45, 7) is 2.39. The van der Waals surface area contributed by atoms with E-state index in [0.717, 1.165) is 0 Å². The van der Waals surface area contributed by atoms with Crippen molar-refractivity contribution in [2.75, 3.05) is 39.5 Å². The van der Waals surface area contributed by atoms with Gasteiger partial charge < -0.3 is 21.1 Å².